The first-order chi connectivity index (χ1) is 9.54. The van der Waals surface area contributed by atoms with E-state index in [1.807, 2.05) is 0 Å². The van der Waals surface area contributed by atoms with E-state index in [-0.39, 0.29) is 0 Å². The Morgan fingerprint density at radius 2 is 1.95 bits per heavy atom. The number of aromatic nitrogens is 2. The van der Waals surface area contributed by atoms with Gasteiger partial charge in [-0.2, -0.15) is 0 Å². The number of nitrogens with zero attached hydrogens (tertiary/aromatic N) is 4. The Balaban J connectivity index is 1.91. The normalized spacial score (nSPS) is 20.1. The van der Waals surface area contributed by atoms with Gasteiger partial charge in [-0.1, -0.05) is 0 Å². The molecule has 1 aromatic rings. The molecule has 1 aromatic heterocycles. The van der Waals surface area contributed by atoms with Crippen LogP contribution in [0.4, 0.5) is 10.7 Å². The largest absolute Gasteiger partial charge is 0.368 e. The highest BCUT2D eigenvalue weighted by Crippen LogP contribution is 2.33. The number of amides is 2. The molecule has 4 N–H and O–H groups in total. The van der Waals surface area contributed by atoms with Crippen molar-refractivity contribution < 1.29 is 4.79 Å². The summed E-state index contributed by atoms with van der Waals surface area (Å²) < 4.78 is 0. The van der Waals surface area contributed by atoms with E-state index in [0.717, 1.165) is 42.9 Å². The Labute approximate surface area is 118 Å². The summed E-state index contributed by atoms with van der Waals surface area (Å²) in [4.78, 5) is 24.0. The van der Waals surface area contributed by atoms with E-state index in [1.54, 1.807) is 4.90 Å². The van der Waals surface area contributed by atoms with E-state index in [9.17, 15) is 4.79 Å². The maximum absolute atomic E-state index is 11.3. The molecule has 1 saturated heterocycles. The molecule has 7 heteroatoms. The van der Waals surface area contributed by atoms with E-state index in [0.29, 0.717) is 25.0 Å². The van der Waals surface area contributed by atoms with Gasteiger partial charge in [0, 0.05) is 11.5 Å². The third-order valence-electron chi connectivity index (χ3n) is 4.25. The molecule has 0 aliphatic carbocycles. The van der Waals surface area contributed by atoms with Crippen molar-refractivity contribution in [3.63, 3.8) is 0 Å². The number of nitrogen functional groups attached to an aromatic ring is 1. The van der Waals surface area contributed by atoms with Crippen molar-refractivity contribution in [1.29, 1.82) is 0 Å². The standard InChI is InChI=1S/C13H20N6O/c1-18-4-2-8(3-5-18)11-9-6-19(13(15)20)7-10(9)16-12(14)17-11/h8H,2-7H2,1H3,(H2,15,20)(H2,14,16,17). The van der Waals surface area contributed by atoms with Gasteiger partial charge in [0.15, 0.2) is 0 Å². The highest BCUT2D eigenvalue weighted by molar-refractivity contribution is 5.73. The average Bonchev–Trinajstić information content (AvgIpc) is 2.82. The fourth-order valence-electron chi connectivity index (χ4n) is 3.08. The first-order valence-electron chi connectivity index (χ1n) is 6.92. The predicted octanol–water partition coefficient (Wildman–Crippen LogP) is 0.262. The Hall–Kier alpha value is -1.89. The molecule has 0 bridgehead atoms. The molecule has 108 valence electrons. The van der Waals surface area contributed by atoms with Crippen molar-refractivity contribution in [1.82, 2.24) is 19.8 Å². The molecule has 3 heterocycles. The monoisotopic (exact) mass is 276 g/mol. The lowest BCUT2D eigenvalue weighted by Gasteiger charge is -2.29. The van der Waals surface area contributed by atoms with E-state index in [4.69, 9.17) is 11.5 Å². The van der Waals surface area contributed by atoms with Crippen LogP contribution in [0.2, 0.25) is 0 Å². The molecule has 0 saturated carbocycles. The van der Waals surface area contributed by atoms with Gasteiger partial charge in [-0.05, 0) is 33.0 Å². The quantitative estimate of drug-likeness (QED) is 0.766. The SMILES string of the molecule is CN1CCC(c2nc(N)nc3c2CN(C(N)=O)C3)CC1. The molecule has 2 aliphatic rings. The highest BCUT2D eigenvalue weighted by atomic mass is 16.2. The molecule has 7 nitrogen and oxygen atoms in total. The van der Waals surface area contributed by atoms with Crippen LogP contribution in [0.5, 0.6) is 0 Å². The van der Waals surface area contributed by atoms with Gasteiger partial charge in [-0.3, -0.25) is 0 Å². The number of hydrogen-bond donors (Lipinski definition) is 2. The summed E-state index contributed by atoms with van der Waals surface area (Å²) >= 11 is 0. The first kappa shape index (κ1) is 13.1. The Morgan fingerprint density at radius 1 is 1.25 bits per heavy atom. The van der Waals surface area contributed by atoms with Crippen LogP contribution in [0, 0.1) is 0 Å². The number of carbonyl (C=O) groups excluding carboxylic acids is 1. The predicted molar refractivity (Wildman–Crippen MR) is 74.7 cm³/mol. The molecular formula is C13H20N6O. The van der Waals surface area contributed by atoms with Crippen molar-refractivity contribution in [2.45, 2.75) is 31.8 Å². The van der Waals surface area contributed by atoms with E-state index in [1.165, 1.54) is 0 Å². The molecule has 2 amide bonds. The van der Waals surface area contributed by atoms with Crippen molar-refractivity contribution in [2.75, 3.05) is 25.9 Å². The molecule has 2 aliphatic heterocycles. The molecule has 0 aromatic carbocycles. The number of anilines is 1. The number of carbonyl (C=O) groups is 1. The number of piperidine rings is 1. The summed E-state index contributed by atoms with van der Waals surface area (Å²) in [6.45, 7) is 3.06. The van der Waals surface area contributed by atoms with Gasteiger partial charge < -0.3 is 21.3 Å². The van der Waals surface area contributed by atoms with Crippen LogP contribution in [0.3, 0.4) is 0 Å². The molecule has 0 radical (unpaired) electrons. The number of nitrogens with two attached hydrogens (primary N) is 2. The average molecular weight is 276 g/mol. The first-order valence-corrected chi connectivity index (χ1v) is 6.92. The Kier molecular flexibility index (Phi) is 3.21. The molecule has 0 spiro atoms. The van der Waals surface area contributed by atoms with Crippen molar-refractivity contribution >= 4 is 12.0 Å². The van der Waals surface area contributed by atoms with Crippen molar-refractivity contribution in [3.8, 4) is 0 Å². The second-order valence-electron chi connectivity index (χ2n) is 5.66. The van der Waals surface area contributed by atoms with E-state index < -0.39 is 6.03 Å². The maximum atomic E-state index is 11.3. The third-order valence-corrected chi connectivity index (χ3v) is 4.25. The number of urea groups is 1. The fraction of sp³-hybridized carbons (Fsp3) is 0.615. The van der Waals surface area contributed by atoms with Gasteiger partial charge >= 0.3 is 6.03 Å². The third kappa shape index (κ3) is 2.29. The zero-order chi connectivity index (χ0) is 14.3. The molecule has 3 rings (SSSR count). The summed E-state index contributed by atoms with van der Waals surface area (Å²) in [6.07, 6.45) is 2.13. The van der Waals surface area contributed by atoms with Gasteiger partial charge in [0.25, 0.3) is 0 Å². The number of rotatable bonds is 1. The fourth-order valence-corrected chi connectivity index (χ4v) is 3.08. The van der Waals surface area contributed by atoms with Crippen LogP contribution >= 0.6 is 0 Å². The van der Waals surface area contributed by atoms with Crippen LogP contribution in [-0.2, 0) is 13.1 Å². The zero-order valence-corrected chi connectivity index (χ0v) is 11.7. The van der Waals surface area contributed by atoms with Gasteiger partial charge in [0.1, 0.15) is 0 Å². The summed E-state index contributed by atoms with van der Waals surface area (Å²) in [5, 5.41) is 0. The summed E-state index contributed by atoms with van der Waals surface area (Å²) in [7, 11) is 2.13. The van der Waals surface area contributed by atoms with Crippen LogP contribution in [0.25, 0.3) is 0 Å². The minimum absolute atomic E-state index is 0.295. The van der Waals surface area contributed by atoms with Crippen molar-refractivity contribution in [2.24, 2.45) is 5.73 Å². The van der Waals surface area contributed by atoms with Gasteiger partial charge in [0.2, 0.25) is 5.95 Å². The van der Waals surface area contributed by atoms with Crippen LogP contribution < -0.4 is 11.5 Å². The van der Waals surface area contributed by atoms with Crippen LogP contribution in [-0.4, -0.2) is 45.9 Å². The Morgan fingerprint density at radius 3 is 2.60 bits per heavy atom. The lowest BCUT2D eigenvalue weighted by molar-refractivity contribution is 0.208. The molecule has 0 unspecified atom stereocenters. The van der Waals surface area contributed by atoms with Gasteiger partial charge in [0.05, 0.1) is 24.5 Å². The molecular weight excluding hydrogens is 256 g/mol. The number of likely N-dealkylation sites (tertiary alicyclic amines) is 1. The minimum atomic E-state index is -0.420. The second-order valence-corrected chi connectivity index (χ2v) is 5.66. The smallest absolute Gasteiger partial charge is 0.315 e. The maximum Gasteiger partial charge on any atom is 0.315 e. The number of fused-ring (bicyclic) bond motifs is 1. The Bertz CT molecular complexity index is 538. The second kappa shape index (κ2) is 4.90. The van der Waals surface area contributed by atoms with Gasteiger partial charge in [-0.15, -0.1) is 0 Å². The highest BCUT2D eigenvalue weighted by Gasteiger charge is 2.30. The number of hydrogen-bond acceptors (Lipinski definition) is 5. The lowest BCUT2D eigenvalue weighted by Crippen LogP contribution is -2.31. The lowest BCUT2D eigenvalue weighted by atomic mass is 9.90. The topological polar surface area (TPSA) is 101 Å². The zero-order valence-electron chi connectivity index (χ0n) is 11.7. The summed E-state index contributed by atoms with van der Waals surface area (Å²) in [6, 6.07) is -0.420. The van der Waals surface area contributed by atoms with Crippen molar-refractivity contribution in [3.05, 3.63) is 17.0 Å². The summed E-state index contributed by atoms with van der Waals surface area (Å²) in [5.74, 6) is 0.696. The molecule has 0 atom stereocenters. The minimum Gasteiger partial charge on any atom is -0.368 e. The number of primary amides is 1. The van der Waals surface area contributed by atoms with Gasteiger partial charge in [-0.25, -0.2) is 14.8 Å². The van der Waals surface area contributed by atoms with E-state index in [2.05, 4.69) is 21.9 Å². The van der Waals surface area contributed by atoms with Crippen LogP contribution in [0.1, 0.15) is 35.7 Å². The molecule has 1 fully saturated rings. The summed E-state index contributed by atoms with van der Waals surface area (Å²) in [5.41, 5.74) is 14.1. The van der Waals surface area contributed by atoms with Crippen LogP contribution in [0.15, 0.2) is 0 Å². The van der Waals surface area contributed by atoms with E-state index >= 15 is 0 Å². The molecule has 20 heavy (non-hydrogen) atoms.